The first-order valence-corrected chi connectivity index (χ1v) is 7.87. The fraction of sp³-hybridized carbons (Fsp3) is 0.250. The molecule has 0 N–H and O–H groups in total. The zero-order valence-electron chi connectivity index (χ0n) is 10.5. The molecule has 0 amide bonds. The van der Waals surface area contributed by atoms with Crippen molar-refractivity contribution in [3.05, 3.63) is 56.9 Å². The summed E-state index contributed by atoms with van der Waals surface area (Å²) in [7, 11) is 0. The molecule has 0 unspecified atom stereocenters. The van der Waals surface area contributed by atoms with Crippen molar-refractivity contribution < 1.29 is 0 Å². The maximum Gasteiger partial charge on any atom is 0.0267 e. The van der Waals surface area contributed by atoms with E-state index in [2.05, 4.69) is 37.4 Å². The Bertz CT molecular complexity index is 468. The van der Waals surface area contributed by atoms with Crippen LogP contribution in [0.3, 0.4) is 0 Å². The van der Waals surface area contributed by atoms with Crippen molar-refractivity contribution in [2.45, 2.75) is 25.7 Å². The zero-order chi connectivity index (χ0) is 12.8. The van der Waals surface area contributed by atoms with E-state index < -0.39 is 0 Å². The van der Waals surface area contributed by atoms with Crippen molar-refractivity contribution in [1.82, 2.24) is 0 Å². The zero-order valence-corrected chi connectivity index (χ0v) is 12.2. The Hall–Kier alpha value is -1.12. The lowest BCUT2D eigenvalue weighted by atomic mass is 10.1. The SMILES string of the molecule is C=Cc1ccc(CCCCc2ccc(C=C)s2)s1. The molecule has 0 aliphatic heterocycles. The summed E-state index contributed by atoms with van der Waals surface area (Å²) in [6.07, 6.45) is 8.76. The van der Waals surface area contributed by atoms with E-state index in [4.69, 9.17) is 0 Å². The van der Waals surface area contributed by atoms with E-state index >= 15 is 0 Å². The van der Waals surface area contributed by atoms with Gasteiger partial charge in [-0.3, -0.25) is 0 Å². The third-order valence-electron chi connectivity index (χ3n) is 2.86. The molecule has 0 radical (unpaired) electrons. The minimum absolute atomic E-state index is 1.19. The van der Waals surface area contributed by atoms with Crippen LogP contribution in [0, 0.1) is 0 Å². The molecule has 18 heavy (non-hydrogen) atoms. The summed E-state index contributed by atoms with van der Waals surface area (Å²) >= 11 is 3.72. The van der Waals surface area contributed by atoms with E-state index in [1.54, 1.807) is 0 Å². The van der Waals surface area contributed by atoms with Gasteiger partial charge in [-0.15, -0.1) is 22.7 Å². The van der Waals surface area contributed by atoms with Crippen LogP contribution < -0.4 is 0 Å². The molecule has 94 valence electrons. The van der Waals surface area contributed by atoms with Gasteiger partial charge in [0, 0.05) is 19.5 Å². The van der Waals surface area contributed by atoms with E-state index in [0.717, 1.165) is 0 Å². The van der Waals surface area contributed by atoms with E-state index in [1.165, 1.54) is 45.2 Å². The molecule has 2 aromatic heterocycles. The van der Waals surface area contributed by atoms with E-state index in [1.807, 2.05) is 34.8 Å². The summed E-state index contributed by atoms with van der Waals surface area (Å²) in [5.41, 5.74) is 0. The maximum atomic E-state index is 3.79. The van der Waals surface area contributed by atoms with Crippen LogP contribution in [0.1, 0.15) is 32.4 Å². The molecule has 0 spiro atoms. The minimum Gasteiger partial charge on any atom is -0.141 e. The van der Waals surface area contributed by atoms with Gasteiger partial charge in [-0.25, -0.2) is 0 Å². The quantitative estimate of drug-likeness (QED) is 0.571. The first kappa shape index (κ1) is 13.3. The lowest BCUT2D eigenvalue weighted by Crippen LogP contribution is -1.84. The number of hydrogen-bond donors (Lipinski definition) is 0. The van der Waals surface area contributed by atoms with Crippen LogP contribution in [-0.4, -0.2) is 0 Å². The molecule has 0 nitrogen and oxygen atoms in total. The average molecular weight is 274 g/mol. The van der Waals surface area contributed by atoms with Crippen molar-refractivity contribution in [1.29, 1.82) is 0 Å². The van der Waals surface area contributed by atoms with Gasteiger partial charge in [-0.1, -0.05) is 25.3 Å². The van der Waals surface area contributed by atoms with Crippen LogP contribution in [0.15, 0.2) is 37.4 Å². The Morgan fingerprint density at radius 3 is 1.56 bits per heavy atom. The smallest absolute Gasteiger partial charge is 0.0267 e. The van der Waals surface area contributed by atoms with Crippen LogP contribution in [-0.2, 0) is 12.8 Å². The highest BCUT2D eigenvalue weighted by molar-refractivity contribution is 7.13. The molecule has 0 bridgehead atoms. The third kappa shape index (κ3) is 3.69. The topological polar surface area (TPSA) is 0 Å². The molecule has 0 saturated carbocycles. The number of aryl methyl sites for hydroxylation is 2. The Morgan fingerprint density at radius 2 is 1.22 bits per heavy atom. The molecule has 2 heterocycles. The lowest BCUT2D eigenvalue weighted by molar-refractivity contribution is 0.746. The second-order valence-electron chi connectivity index (χ2n) is 4.22. The number of hydrogen-bond acceptors (Lipinski definition) is 2. The van der Waals surface area contributed by atoms with E-state index in [0.29, 0.717) is 0 Å². The standard InChI is InChI=1S/C16H18S2/c1-3-13-9-11-15(17-13)7-5-6-8-16-12-10-14(4-2)18-16/h3-4,9-12H,1-2,5-8H2. The molecule has 0 fully saturated rings. The molecule has 0 aliphatic carbocycles. The number of unbranched alkanes of at least 4 members (excludes halogenated alkanes) is 1. The average Bonchev–Trinajstić information content (AvgIpc) is 3.03. The summed E-state index contributed by atoms with van der Waals surface area (Å²) in [5.74, 6) is 0. The second-order valence-corrected chi connectivity index (χ2v) is 6.62. The highest BCUT2D eigenvalue weighted by Crippen LogP contribution is 2.22. The minimum atomic E-state index is 1.19. The van der Waals surface area contributed by atoms with Crippen molar-refractivity contribution >= 4 is 34.8 Å². The predicted octanol–water partition coefficient (Wildman–Crippen LogP) is 5.66. The summed E-state index contributed by atoms with van der Waals surface area (Å²) in [6, 6.07) is 8.76. The van der Waals surface area contributed by atoms with Gasteiger partial charge in [0.1, 0.15) is 0 Å². The van der Waals surface area contributed by atoms with Gasteiger partial charge in [0.15, 0.2) is 0 Å². The van der Waals surface area contributed by atoms with Gasteiger partial charge in [-0.2, -0.15) is 0 Å². The maximum absolute atomic E-state index is 3.79. The molecule has 0 saturated heterocycles. The van der Waals surface area contributed by atoms with Crippen LogP contribution in [0.4, 0.5) is 0 Å². The fourth-order valence-corrected chi connectivity index (χ4v) is 3.68. The van der Waals surface area contributed by atoms with Crippen LogP contribution in [0.2, 0.25) is 0 Å². The van der Waals surface area contributed by atoms with Gasteiger partial charge in [0.2, 0.25) is 0 Å². The second kappa shape index (κ2) is 6.72. The van der Waals surface area contributed by atoms with Crippen molar-refractivity contribution in [3.63, 3.8) is 0 Å². The molecule has 0 atom stereocenters. The van der Waals surface area contributed by atoms with Gasteiger partial charge < -0.3 is 0 Å². The van der Waals surface area contributed by atoms with E-state index in [-0.39, 0.29) is 0 Å². The lowest BCUT2D eigenvalue weighted by Gasteiger charge is -1.97. The summed E-state index contributed by atoms with van der Waals surface area (Å²) in [6.45, 7) is 7.59. The number of thiophene rings is 2. The number of rotatable bonds is 7. The molecule has 0 aliphatic rings. The third-order valence-corrected chi connectivity index (χ3v) is 5.15. The Balaban J connectivity index is 1.72. The van der Waals surface area contributed by atoms with Crippen LogP contribution in [0.25, 0.3) is 12.2 Å². The first-order valence-electron chi connectivity index (χ1n) is 6.24. The van der Waals surface area contributed by atoms with Crippen molar-refractivity contribution in [3.8, 4) is 0 Å². The van der Waals surface area contributed by atoms with Crippen molar-refractivity contribution in [2.24, 2.45) is 0 Å². The van der Waals surface area contributed by atoms with Crippen LogP contribution >= 0.6 is 22.7 Å². The van der Waals surface area contributed by atoms with Gasteiger partial charge in [0.25, 0.3) is 0 Å². The predicted molar refractivity (Wildman–Crippen MR) is 85.5 cm³/mol. The van der Waals surface area contributed by atoms with Crippen LogP contribution in [0.5, 0.6) is 0 Å². The Morgan fingerprint density at radius 1 is 0.778 bits per heavy atom. The molecule has 2 heteroatoms. The van der Waals surface area contributed by atoms with Gasteiger partial charge in [0.05, 0.1) is 0 Å². The Labute approximate surface area is 117 Å². The monoisotopic (exact) mass is 274 g/mol. The van der Waals surface area contributed by atoms with Gasteiger partial charge >= 0.3 is 0 Å². The Kier molecular flexibility index (Phi) is 4.97. The first-order chi connectivity index (χ1) is 8.81. The summed E-state index contributed by atoms with van der Waals surface area (Å²) in [4.78, 5) is 5.50. The highest BCUT2D eigenvalue weighted by atomic mass is 32.1. The van der Waals surface area contributed by atoms with Gasteiger partial charge in [-0.05, 0) is 49.9 Å². The van der Waals surface area contributed by atoms with E-state index in [9.17, 15) is 0 Å². The molecular formula is C16H18S2. The fourth-order valence-electron chi connectivity index (χ4n) is 1.88. The molecular weight excluding hydrogens is 256 g/mol. The normalized spacial score (nSPS) is 10.4. The summed E-state index contributed by atoms with van der Waals surface area (Å²) in [5, 5.41) is 0. The summed E-state index contributed by atoms with van der Waals surface area (Å²) < 4.78 is 0. The highest BCUT2D eigenvalue weighted by Gasteiger charge is 2.00. The molecule has 2 rings (SSSR count). The molecule has 0 aromatic carbocycles. The largest absolute Gasteiger partial charge is 0.141 e. The van der Waals surface area contributed by atoms with Crippen molar-refractivity contribution in [2.75, 3.05) is 0 Å². The molecule has 2 aromatic rings.